The standard InChI is InChI=1S/C21H27N3O7/c1-5-29-19(27)17(24-22)16(25)12-11-15(18(26)31-21(2,3)4)23-20(28)30-13-14-9-7-6-8-10-14/h6-10,15H,5,11-13H2,1-4H3,(H-,23,25,27,28)/p+1/t15-/m0/s1. The molecular weight excluding hydrogens is 406 g/mol. The van der Waals surface area contributed by atoms with Crippen LogP contribution in [0.3, 0.4) is 0 Å². The lowest BCUT2D eigenvalue weighted by Gasteiger charge is -2.24. The van der Waals surface area contributed by atoms with Crippen LogP contribution in [0.2, 0.25) is 0 Å². The van der Waals surface area contributed by atoms with Crippen molar-refractivity contribution >= 4 is 18.0 Å². The molecule has 1 aromatic carbocycles. The summed E-state index contributed by atoms with van der Waals surface area (Å²) in [6.45, 7) is 6.55. The van der Waals surface area contributed by atoms with Crippen LogP contribution in [0.4, 0.5) is 4.79 Å². The Morgan fingerprint density at radius 2 is 1.81 bits per heavy atom. The molecule has 1 atom stereocenters. The Balaban J connectivity index is 2.86. The van der Waals surface area contributed by atoms with Gasteiger partial charge in [-0.2, -0.15) is 0 Å². The first-order chi connectivity index (χ1) is 14.6. The zero-order valence-electron chi connectivity index (χ0n) is 18.1. The van der Waals surface area contributed by atoms with Gasteiger partial charge in [-0.3, -0.25) is 0 Å². The molecule has 10 nitrogen and oxygen atoms in total. The molecule has 1 rings (SSSR count). The van der Waals surface area contributed by atoms with Crippen molar-refractivity contribution in [2.24, 2.45) is 0 Å². The third-order valence-electron chi connectivity index (χ3n) is 3.71. The van der Waals surface area contributed by atoms with Gasteiger partial charge in [-0.15, -0.1) is 0 Å². The lowest BCUT2D eigenvalue weighted by molar-refractivity contribution is -0.157. The molecule has 0 aliphatic heterocycles. The summed E-state index contributed by atoms with van der Waals surface area (Å²) >= 11 is 0. The highest BCUT2D eigenvalue weighted by molar-refractivity contribution is 5.90. The first-order valence-electron chi connectivity index (χ1n) is 9.71. The van der Waals surface area contributed by atoms with Crippen LogP contribution in [0, 0.1) is 5.39 Å². The number of aliphatic hydroxyl groups is 1. The summed E-state index contributed by atoms with van der Waals surface area (Å²) in [4.78, 5) is 39.1. The third kappa shape index (κ3) is 9.62. The second-order valence-corrected chi connectivity index (χ2v) is 7.45. The van der Waals surface area contributed by atoms with Crippen molar-refractivity contribution in [3.8, 4) is 0 Å². The number of diazo groups is 1. The predicted octanol–water partition coefficient (Wildman–Crippen LogP) is 3.59. The van der Waals surface area contributed by atoms with E-state index in [0.29, 0.717) is 0 Å². The van der Waals surface area contributed by atoms with E-state index in [1.165, 1.54) is 0 Å². The number of ether oxygens (including phenoxy) is 3. The molecule has 1 aromatic rings. The van der Waals surface area contributed by atoms with Crippen LogP contribution in [0.5, 0.6) is 0 Å². The summed E-state index contributed by atoms with van der Waals surface area (Å²) in [5.74, 6) is -2.38. The van der Waals surface area contributed by atoms with E-state index in [4.69, 9.17) is 14.9 Å². The zero-order valence-corrected chi connectivity index (χ0v) is 18.1. The first kappa shape index (κ1) is 25.4. The minimum absolute atomic E-state index is 0.00470. The van der Waals surface area contributed by atoms with Gasteiger partial charge in [0.2, 0.25) is 5.39 Å². The smallest absolute Gasteiger partial charge is 0.505 e. The fourth-order valence-electron chi connectivity index (χ4n) is 2.34. The van der Waals surface area contributed by atoms with E-state index in [9.17, 15) is 19.5 Å². The van der Waals surface area contributed by atoms with E-state index in [-0.39, 0.29) is 26.1 Å². The molecule has 0 saturated heterocycles. The second-order valence-electron chi connectivity index (χ2n) is 7.45. The van der Waals surface area contributed by atoms with Gasteiger partial charge in [0.15, 0.2) is 10.7 Å². The topological polar surface area (TPSA) is 139 Å². The van der Waals surface area contributed by atoms with Crippen molar-refractivity contribution in [3.63, 3.8) is 0 Å². The van der Waals surface area contributed by atoms with Gasteiger partial charge < -0.3 is 24.6 Å². The average Bonchev–Trinajstić information content (AvgIpc) is 2.69. The van der Waals surface area contributed by atoms with Gasteiger partial charge in [-0.05, 0) is 39.7 Å². The van der Waals surface area contributed by atoms with Gasteiger partial charge >= 0.3 is 23.7 Å². The number of benzene rings is 1. The number of carbonyl (C=O) groups excluding carboxylic acids is 3. The maximum Gasteiger partial charge on any atom is 0.505 e. The summed E-state index contributed by atoms with van der Waals surface area (Å²) in [6.07, 6.45) is -1.29. The Morgan fingerprint density at radius 1 is 1.16 bits per heavy atom. The second kappa shape index (κ2) is 12.2. The number of nitrogens with zero attached hydrogens (tertiary/aromatic N) is 2. The van der Waals surface area contributed by atoms with Gasteiger partial charge in [0, 0.05) is 6.42 Å². The third-order valence-corrected chi connectivity index (χ3v) is 3.71. The minimum atomic E-state index is -1.19. The zero-order chi connectivity index (χ0) is 23.4. The van der Waals surface area contributed by atoms with Gasteiger partial charge in [-0.25, -0.2) is 14.4 Å². The van der Waals surface area contributed by atoms with Crippen LogP contribution in [0.15, 0.2) is 41.8 Å². The molecule has 31 heavy (non-hydrogen) atoms. The Hall–Kier alpha value is -3.61. The molecule has 0 spiro atoms. The molecule has 0 aliphatic carbocycles. The number of esters is 2. The van der Waals surface area contributed by atoms with E-state index in [2.05, 4.69) is 15.0 Å². The monoisotopic (exact) mass is 434 g/mol. The summed E-state index contributed by atoms with van der Waals surface area (Å²) in [5, 5.41) is 21.5. The molecule has 0 aliphatic rings. The lowest BCUT2D eigenvalue weighted by atomic mass is 10.1. The van der Waals surface area contributed by atoms with Gasteiger partial charge in [-0.1, -0.05) is 30.3 Å². The molecule has 0 saturated carbocycles. The van der Waals surface area contributed by atoms with Crippen molar-refractivity contribution in [3.05, 3.63) is 52.3 Å². The van der Waals surface area contributed by atoms with Crippen molar-refractivity contribution < 1.29 is 33.7 Å². The molecule has 0 radical (unpaired) electrons. The molecule has 0 bridgehead atoms. The average molecular weight is 434 g/mol. The predicted molar refractivity (Wildman–Crippen MR) is 110 cm³/mol. The highest BCUT2D eigenvalue weighted by Gasteiger charge is 2.33. The summed E-state index contributed by atoms with van der Waals surface area (Å²) < 4.78 is 15.1. The van der Waals surface area contributed by atoms with Crippen molar-refractivity contribution in [2.75, 3.05) is 6.61 Å². The summed E-state index contributed by atoms with van der Waals surface area (Å²) in [6, 6.07) is 7.77. The number of alkyl carbamates (subject to hydrolysis) is 1. The molecule has 0 heterocycles. The number of allylic oxidation sites excluding steroid dienone is 1. The van der Waals surface area contributed by atoms with E-state index < -0.39 is 41.1 Å². The quantitative estimate of drug-likeness (QED) is 0.198. The van der Waals surface area contributed by atoms with Crippen molar-refractivity contribution in [1.82, 2.24) is 5.32 Å². The summed E-state index contributed by atoms with van der Waals surface area (Å²) in [7, 11) is 0. The lowest BCUT2D eigenvalue weighted by Crippen LogP contribution is -2.44. The number of aliphatic hydroxyl groups excluding tert-OH is 1. The number of nitrogens with one attached hydrogen (secondary N) is 1. The maximum absolute atomic E-state index is 12.5. The Bertz CT molecular complexity index is 839. The molecule has 0 aromatic heterocycles. The summed E-state index contributed by atoms with van der Waals surface area (Å²) in [5.41, 5.74) is -0.744. The number of hydrogen-bond donors (Lipinski definition) is 2. The fraction of sp³-hybridized carbons (Fsp3) is 0.476. The molecule has 0 fully saturated rings. The van der Waals surface area contributed by atoms with Crippen molar-refractivity contribution in [1.29, 1.82) is 5.39 Å². The van der Waals surface area contributed by atoms with Gasteiger partial charge in [0.25, 0.3) is 0 Å². The molecule has 2 N–H and O–H groups in total. The molecular formula is C21H28N3O7+. The van der Waals surface area contributed by atoms with Crippen LogP contribution < -0.4 is 5.32 Å². The first-order valence-corrected chi connectivity index (χ1v) is 9.71. The Morgan fingerprint density at radius 3 is 2.35 bits per heavy atom. The fourth-order valence-corrected chi connectivity index (χ4v) is 2.34. The highest BCUT2D eigenvalue weighted by Crippen LogP contribution is 2.16. The number of carbonyl (C=O) groups is 3. The highest BCUT2D eigenvalue weighted by atomic mass is 16.6. The van der Waals surface area contributed by atoms with E-state index >= 15 is 0 Å². The SMILES string of the molecule is CCOC(=O)/C([N+]#N)=C(\O)CC[C@H](NC(=O)OCc1ccccc1)C(=O)OC(C)(C)C. The molecule has 10 heteroatoms. The van der Waals surface area contributed by atoms with Crippen LogP contribution in [0.25, 0.3) is 4.98 Å². The van der Waals surface area contributed by atoms with Gasteiger partial charge in [0.1, 0.15) is 18.2 Å². The van der Waals surface area contributed by atoms with Crippen molar-refractivity contribution in [2.45, 2.75) is 58.8 Å². The maximum atomic E-state index is 12.5. The van der Waals surface area contributed by atoms with Crippen LogP contribution in [0.1, 0.15) is 46.1 Å². The van der Waals surface area contributed by atoms with E-state index in [1.807, 2.05) is 6.07 Å². The Labute approximate surface area is 180 Å². The number of amides is 1. The molecule has 168 valence electrons. The minimum Gasteiger partial charge on any atom is -0.505 e. The number of rotatable bonds is 9. The number of hydrogen-bond acceptors (Lipinski definition) is 8. The van der Waals surface area contributed by atoms with E-state index in [0.717, 1.165) is 5.56 Å². The van der Waals surface area contributed by atoms with Crippen LogP contribution in [-0.2, 0) is 30.4 Å². The molecule has 1 amide bonds. The van der Waals surface area contributed by atoms with Gasteiger partial charge in [0.05, 0.1) is 6.61 Å². The van der Waals surface area contributed by atoms with Crippen LogP contribution >= 0.6 is 0 Å². The van der Waals surface area contributed by atoms with Crippen LogP contribution in [-0.4, -0.2) is 41.4 Å². The molecule has 0 unspecified atom stereocenters. The normalized spacial score (nSPS) is 12.6. The van der Waals surface area contributed by atoms with E-state index in [1.54, 1.807) is 52.0 Å². The Kier molecular flexibility index (Phi) is 9.98. The largest absolute Gasteiger partial charge is 0.505 e.